The van der Waals surface area contributed by atoms with Crippen molar-refractivity contribution in [1.82, 2.24) is 9.97 Å². The van der Waals surface area contributed by atoms with Gasteiger partial charge in [0.25, 0.3) is 0 Å². The largest absolute Gasteiger partial charge is 0.354 e. The zero-order chi connectivity index (χ0) is 12.8. The maximum atomic E-state index is 12.3. The second kappa shape index (κ2) is 4.09. The molecule has 2 heterocycles. The fourth-order valence-corrected chi connectivity index (χ4v) is 3.08. The summed E-state index contributed by atoms with van der Waals surface area (Å²) in [5, 5.41) is 6.36. The molecule has 2 atom stereocenters. The van der Waals surface area contributed by atoms with Gasteiger partial charge in [0.05, 0.1) is 6.20 Å². The zero-order valence-corrected chi connectivity index (χ0v) is 10.9. The van der Waals surface area contributed by atoms with Crippen molar-refractivity contribution in [1.29, 1.82) is 0 Å². The molecule has 1 aliphatic carbocycles. The monoisotopic (exact) mass is 266 g/mol. The van der Waals surface area contributed by atoms with Crippen LogP contribution in [0.1, 0.15) is 32.6 Å². The highest BCUT2D eigenvalue weighted by Gasteiger charge is 2.45. The first-order valence-corrected chi connectivity index (χ1v) is 6.59. The topological polar surface area (TPSA) is 66.9 Å². The van der Waals surface area contributed by atoms with Gasteiger partial charge < -0.3 is 10.6 Å². The van der Waals surface area contributed by atoms with E-state index in [-0.39, 0.29) is 11.2 Å². The third-order valence-electron chi connectivity index (χ3n) is 3.80. The predicted octanol–water partition coefficient (Wildman–Crippen LogP) is 2.44. The molecular weight excluding hydrogens is 252 g/mol. The van der Waals surface area contributed by atoms with Crippen LogP contribution in [-0.2, 0) is 4.79 Å². The van der Waals surface area contributed by atoms with E-state index in [9.17, 15) is 4.79 Å². The molecule has 1 amide bonds. The van der Waals surface area contributed by atoms with E-state index in [0.717, 1.165) is 19.3 Å². The molecule has 1 aromatic heterocycles. The van der Waals surface area contributed by atoms with Gasteiger partial charge in [-0.05, 0) is 30.4 Å². The van der Waals surface area contributed by atoms with Gasteiger partial charge >= 0.3 is 0 Å². The molecule has 2 unspecified atom stereocenters. The van der Waals surface area contributed by atoms with Crippen LogP contribution >= 0.6 is 11.6 Å². The third kappa shape index (κ3) is 1.82. The number of carbonyl (C=O) groups excluding carboxylic acids is 1. The van der Waals surface area contributed by atoms with Crippen LogP contribution in [0.3, 0.4) is 0 Å². The number of fused-ring (bicyclic) bond motifs is 1. The number of amides is 1. The Morgan fingerprint density at radius 2 is 2.39 bits per heavy atom. The molecule has 0 bridgehead atoms. The summed E-state index contributed by atoms with van der Waals surface area (Å²) in [7, 11) is 0. The second-order valence-corrected chi connectivity index (χ2v) is 5.60. The van der Waals surface area contributed by atoms with Gasteiger partial charge in [-0.3, -0.25) is 4.79 Å². The maximum Gasteiger partial charge on any atom is 0.250 e. The number of anilines is 2. The van der Waals surface area contributed by atoms with Crippen LogP contribution in [0, 0.1) is 5.92 Å². The highest BCUT2D eigenvalue weighted by molar-refractivity contribution is 6.28. The van der Waals surface area contributed by atoms with Crippen molar-refractivity contribution in [3.8, 4) is 0 Å². The van der Waals surface area contributed by atoms with Crippen LogP contribution in [0.5, 0.6) is 0 Å². The lowest BCUT2D eigenvalue weighted by Crippen LogP contribution is -2.55. The Bertz CT molecular complexity index is 507. The Labute approximate surface area is 110 Å². The third-order valence-corrected chi connectivity index (χ3v) is 3.98. The van der Waals surface area contributed by atoms with E-state index in [1.165, 1.54) is 12.6 Å². The molecule has 96 valence electrons. The van der Waals surface area contributed by atoms with E-state index in [0.29, 0.717) is 17.4 Å². The van der Waals surface area contributed by atoms with E-state index in [1.807, 2.05) is 0 Å². The molecule has 0 radical (unpaired) electrons. The molecule has 1 saturated carbocycles. The molecular formula is C12H15ClN4O. The first-order chi connectivity index (χ1) is 8.59. The van der Waals surface area contributed by atoms with Crippen LogP contribution in [0.15, 0.2) is 6.20 Å². The second-order valence-electron chi connectivity index (χ2n) is 5.26. The van der Waals surface area contributed by atoms with Gasteiger partial charge in [-0.15, -0.1) is 0 Å². The Morgan fingerprint density at radius 3 is 3.17 bits per heavy atom. The molecule has 1 fully saturated rings. The predicted molar refractivity (Wildman–Crippen MR) is 69.7 cm³/mol. The normalized spacial score (nSPS) is 30.6. The van der Waals surface area contributed by atoms with Crippen molar-refractivity contribution in [2.24, 2.45) is 5.92 Å². The summed E-state index contributed by atoms with van der Waals surface area (Å²) in [5.74, 6) is 1.19. The highest BCUT2D eigenvalue weighted by atomic mass is 35.5. The minimum Gasteiger partial charge on any atom is -0.354 e. The van der Waals surface area contributed by atoms with Crippen LogP contribution < -0.4 is 10.6 Å². The van der Waals surface area contributed by atoms with Crippen LogP contribution in [0.25, 0.3) is 0 Å². The zero-order valence-electron chi connectivity index (χ0n) is 10.2. The van der Waals surface area contributed by atoms with Crippen molar-refractivity contribution >= 4 is 29.0 Å². The fraction of sp³-hybridized carbons (Fsp3) is 0.583. The summed E-state index contributed by atoms with van der Waals surface area (Å²) >= 11 is 5.79. The van der Waals surface area contributed by atoms with Gasteiger partial charge in [-0.1, -0.05) is 19.8 Å². The lowest BCUT2D eigenvalue weighted by molar-refractivity contribution is -0.122. The molecule has 0 saturated heterocycles. The van der Waals surface area contributed by atoms with Crippen LogP contribution in [-0.4, -0.2) is 21.4 Å². The average Bonchev–Trinajstić information content (AvgIpc) is 2.31. The molecule has 1 aromatic rings. The minimum absolute atomic E-state index is 0.0208. The molecule has 5 nitrogen and oxygen atoms in total. The number of hydrogen-bond donors (Lipinski definition) is 2. The summed E-state index contributed by atoms with van der Waals surface area (Å²) in [4.78, 5) is 20.3. The smallest absolute Gasteiger partial charge is 0.250 e. The van der Waals surface area contributed by atoms with E-state index in [4.69, 9.17) is 11.6 Å². The summed E-state index contributed by atoms with van der Waals surface area (Å²) in [5.41, 5.74) is 0.0794. The van der Waals surface area contributed by atoms with Crippen molar-refractivity contribution in [3.05, 3.63) is 11.5 Å². The lowest BCUT2D eigenvalue weighted by atomic mass is 9.75. The molecule has 1 aliphatic heterocycles. The number of rotatable bonds is 0. The van der Waals surface area contributed by atoms with Crippen molar-refractivity contribution in [2.45, 2.75) is 38.1 Å². The molecule has 2 aliphatic rings. The molecule has 1 spiro atoms. The minimum atomic E-state index is -0.525. The lowest BCUT2D eigenvalue weighted by Gasteiger charge is -2.42. The Morgan fingerprint density at radius 1 is 1.56 bits per heavy atom. The average molecular weight is 267 g/mol. The molecule has 2 N–H and O–H groups in total. The Hall–Kier alpha value is -1.36. The molecule has 18 heavy (non-hydrogen) atoms. The number of aromatic nitrogens is 2. The summed E-state index contributed by atoms with van der Waals surface area (Å²) < 4.78 is 0. The van der Waals surface area contributed by atoms with E-state index in [2.05, 4.69) is 27.5 Å². The first-order valence-electron chi connectivity index (χ1n) is 6.21. The van der Waals surface area contributed by atoms with Gasteiger partial charge in [-0.25, -0.2) is 4.98 Å². The maximum absolute atomic E-state index is 12.3. The van der Waals surface area contributed by atoms with E-state index < -0.39 is 5.54 Å². The number of hydrogen-bond acceptors (Lipinski definition) is 4. The Kier molecular flexibility index (Phi) is 2.66. The molecule has 6 heteroatoms. The SMILES string of the molecule is CC1CCCC2(C1)Nc1nc(Cl)ncc1NC2=O. The van der Waals surface area contributed by atoms with Gasteiger partial charge in [0.1, 0.15) is 11.2 Å². The van der Waals surface area contributed by atoms with Crippen molar-refractivity contribution in [2.75, 3.05) is 10.6 Å². The summed E-state index contributed by atoms with van der Waals surface area (Å²) in [6.07, 6.45) is 5.43. The number of nitrogens with zero attached hydrogens (tertiary/aromatic N) is 2. The molecule has 3 rings (SSSR count). The van der Waals surface area contributed by atoms with E-state index >= 15 is 0 Å². The molecule has 0 aromatic carbocycles. The fourth-order valence-electron chi connectivity index (χ4n) is 2.94. The van der Waals surface area contributed by atoms with Crippen LogP contribution in [0.4, 0.5) is 11.5 Å². The standard InChI is InChI=1S/C12H15ClN4O/c1-7-3-2-4-12(5-7)10(18)15-8-6-14-11(13)16-9(8)17-12/h6-7H,2-5H2,1H3,(H,15,18)(H,14,16,17). The summed E-state index contributed by atoms with van der Waals surface area (Å²) in [6.45, 7) is 2.18. The van der Waals surface area contributed by atoms with Gasteiger partial charge in [0.2, 0.25) is 11.2 Å². The number of nitrogens with one attached hydrogen (secondary N) is 2. The van der Waals surface area contributed by atoms with Crippen LogP contribution in [0.2, 0.25) is 5.28 Å². The van der Waals surface area contributed by atoms with Gasteiger partial charge in [0, 0.05) is 0 Å². The first kappa shape index (κ1) is 11.7. The highest BCUT2D eigenvalue weighted by Crippen LogP contribution is 2.40. The number of carbonyl (C=O) groups is 1. The van der Waals surface area contributed by atoms with Crippen molar-refractivity contribution in [3.63, 3.8) is 0 Å². The van der Waals surface area contributed by atoms with Gasteiger partial charge in [-0.2, -0.15) is 4.98 Å². The van der Waals surface area contributed by atoms with E-state index in [1.54, 1.807) is 0 Å². The van der Waals surface area contributed by atoms with Gasteiger partial charge in [0.15, 0.2) is 5.82 Å². The Balaban J connectivity index is 1.97. The van der Waals surface area contributed by atoms with Crippen molar-refractivity contribution < 1.29 is 4.79 Å². The quantitative estimate of drug-likeness (QED) is 0.708. The summed E-state index contributed by atoms with van der Waals surface area (Å²) in [6, 6.07) is 0. The number of halogens is 1.